The molecule has 3 heterocycles. The average Bonchev–Trinajstić information content (AvgIpc) is 3.02. The Kier molecular flexibility index (Phi) is 4.34. The molecule has 0 radical (unpaired) electrons. The molecule has 1 aliphatic rings. The predicted octanol–water partition coefficient (Wildman–Crippen LogP) is 2.75. The van der Waals surface area contributed by atoms with E-state index in [-0.39, 0.29) is 11.2 Å². The van der Waals surface area contributed by atoms with Crippen molar-refractivity contribution in [3.63, 3.8) is 0 Å². The topological polar surface area (TPSA) is 65.1 Å². The van der Waals surface area contributed by atoms with E-state index in [0.717, 1.165) is 12.2 Å². The lowest BCUT2D eigenvalue weighted by Gasteiger charge is -2.33. The van der Waals surface area contributed by atoms with Crippen LogP contribution in [0.2, 0.25) is 5.02 Å². The lowest BCUT2D eigenvalue weighted by molar-refractivity contribution is 0.457. The van der Waals surface area contributed by atoms with Crippen LogP contribution in [0.5, 0.6) is 0 Å². The maximum Gasteiger partial charge on any atom is 0.332 e. The van der Waals surface area contributed by atoms with Gasteiger partial charge in [-0.05, 0) is 30.5 Å². The Hall–Kier alpha value is -2.54. The minimum Gasteiger partial charge on any atom is -0.312 e. The summed E-state index contributed by atoms with van der Waals surface area (Å²) in [4.78, 5) is 32.4. The van der Waals surface area contributed by atoms with Crippen molar-refractivity contribution in [1.29, 1.82) is 0 Å². The van der Waals surface area contributed by atoms with Crippen LogP contribution in [0.15, 0.2) is 33.9 Å². The van der Waals surface area contributed by atoms with Gasteiger partial charge in [0.25, 0.3) is 5.56 Å². The number of nitrogens with zero attached hydrogens (tertiary/aromatic N) is 5. The van der Waals surface area contributed by atoms with Crippen molar-refractivity contribution in [3.8, 4) is 0 Å². The van der Waals surface area contributed by atoms with Gasteiger partial charge in [0, 0.05) is 37.4 Å². The van der Waals surface area contributed by atoms with Crippen molar-refractivity contribution in [2.75, 3.05) is 11.4 Å². The first-order valence-electron chi connectivity index (χ1n) is 9.15. The Morgan fingerprint density at radius 2 is 2.04 bits per heavy atom. The summed E-state index contributed by atoms with van der Waals surface area (Å²) in [5.74, 6) is 0.983. The largest absolute Gasteiger partial charge is 0.332 e. The van der Waals surface area contributed by atoms with Crippen LogP contribution in [0, 0.1) is 5.92 Å². The molecule has 0 unspecified atom stereocenters. The smallest absolute Gasteiger partial charge is 0.312 e. The van der Waals surface area contributed by atoms with Gasteiger partial charge in [-0.15, -0.1) is 0 Å². The third-order valence-electron chi connectivity index (χ3n) is 5.01. The lowest BCUT2D eigenvalue weighted by atomic mass is 10.1. The predicted molar refractivity (Wildman–Crippen MR) is 107 cm³/mol. The maximum absolute atomic E-state index is 13.1. The highest BCUT2D eigenvalue weighted by molar-refractivity contribution is 6.30. The molecule has 0 N–H and O–H groups in total. The first-order valence-corrected chi connectivity index (χ1v) is 9.53. The summed E-state index contributed by atoms with van der Waals surface area (Å²) in [5, 5.41) is 0.645. The Labute approximate surface area is 161 Å². The molecule has 2 aromatic heterocycles. The summed E-state index contributed by atoms with van der Waals surface area (Å²) in [6, 6.07) is 7.59. The third-order valence-corrected chi connectivity index (χ3v) is 5.24. The monoisotopic (exact) mass is 387 g/mol. The van der Waals surface area contributed by atoms with E-state index in [1.165, 1.54) is 9.13 Å². The van der Waals surface area contributed by atoms with E-state index in [0.29, 0.717) is 47.6 Å². The number of imidazole rings is 1. The van der Waals surface area contributed by atoms with Gasteiger partial charge in [-0.25, -0.2) is 4.79 Å². The lowest BCUT2D eigenvalue weighted by Crippen LogP contribution is -2.40. The third kappa shape index (κ3) is 2.77. The molecule has 3 aromatic rings. The molecule has 0 saturated heterocycles. The molecule has 8 heteroatoms. The van der Waals surface area contributed by atoms with Crippen LogP contribution in [-0.2, 0) is 20.1 Å². The van der Waals surface area contributed by atoms with E-state index >= 15 is 0 Å². The minimum absolute atomic E-state index is 0.270. The zero-order valence-corrected chi connectivity index (χ0v) is 16.4. The highest BCUT2D eigenvalue weighted by Gasteiger charge is 2.29. The van der Waals surface area contributed by atoms with Gasteiger partial charge in [0.1, 0.15) is 0 Å². The van der Waals surface area contributed by atoms with Crippen LogP contribution in [0.25, 0.3) is 11.2 Å². The standard InChI is InChI=1S/C19H22ClN5O2/c1-4-8-23-17(26)15-16(22(3)19(23)27)21-18-24(10-12(2)11-25(15)18)14-7-5-6-13(20)9-14/h5-7,9,12H,4,8,10-11H2,1-3H3/t12-/m1/s1. The molecule has 142 valence electrons. The van der Waals surface area contributed by atoms with Gasteiger partial charge >= 0.3 is 5.69 Å². The molecule has 0 amide bonds. The number of anilines is 2. The van der Waals surface area contributed by atoms with Crippen LogP contribution < -0.4 is 16.1 Å². The second-order valence-corrected chi connectivity index (χ2v) is 7.63. The molecule has 4 rings (SSSR count). The number of aryl methyl sites for hydroxylation is 1. The number of hydrogen-bond donors (Lipinski definition) is 0. The van der Waals surface area contributed by atoms with Gasteiger partial charge in [0.15, 0.2) is 11.2 Å². The van der Waals surface area contributed by atoms with E-state index in [1.807, 2.05) is 35.8 Å². The minimum atomic E-state index is -0.327. The van der Waals surface area contributed by atoms with Crippen LogP contribution in [-0.4, -0.2) is 25.2 Å². The number of hydrogen-bond acceptors (Lipinski definition) is 4. The van der Waals surface area contributed by atoms with Crippen LogP contribution >= 0.6 is 11.6 Å². The van der Waals surface area contributed by atoms with E-state index in [9.17, 15) is 9.59 Å². The molecule has 0 spiro atoms. The van der Waals surface area contributed by atoms with Crippen molar-refractivity contribution in [3.05, 3.63) is 50.1 Å². The normalized spacial score (nSPS) is 16.7. The van der Waals surface area contributed by atoms with Gasteiger partial charge in [-0.2, -0.15) is 4.98 Å². The van der Waals surface area contributed by atoms with Gasteiger partial charge in [0.2, 0.25) is 5.95 Å². The average molecular weight is 388 g/mol. The Morgan fingerprint density at radius 1 is 1.26 bits per heavy atom. The highest BCUT2D eigenvalue weighted by atomic mass is 35.5. The Balaban J connectivity index is 2.02. The molecular formula is C19H22ClN5O2. The quantitative estimate of drug-likeness (QED) is 0.693. The van der Waals surface area contributed by atoms with Crippen molar-refractivity contribution < 1.29 is 0 Å². The first kappa shape index (κ1) is 17.9. The number of fused-ring (bicyclic) bond motifs is 3. The Bertz CT molecular complexity index is 1140. The van der Waals surface area contributed by atoms with E-state index in [1.54, 1.807) is 7.05 Å². The first-order chi connectivity index (χ1) is 12.9. The summed E-state index contributed by atoms with van der Waals surface area (Å²) in [7, 11) is 1.67. The molecule has 7 nitrogen and oxygen atoms in total. The molecule has 1 aromatic carbocycles. The molecule has 0 saturated carbocycles. The molecule has 1 aliphatic heterocycles. The van der Waals surface area contributed by atoms with E-state index in [4.69, 9.17) is 16.6 Å². The summed E-state index contributed by atoms with van der Waals surface area (Å²) < 4.78 is 4.72. The second-order valence-electron chi connectivity index (χ2n) is 7.19. The summed E-state index contributed by atoms with van der Waals surface area (Å²) in [6.07, 6.45) is 0.715. The number of benzene rings is 1. The fourth-order valence-corrected chi connectivity index (χ4v) is 3.97. The van der Waals surface area contributed by atoms with E-state index in [2.05, 4.69) is 11.8 Å². The van der Waals surface area contributed by atoms with Crippen molar-refractivity contribution >= 4 is 34.4 Å². The fraction of sp³-hybridized carbons (Fsp3) is 0.421. The van der Waals surface area contributed by atoms with Crippen molar-refractivity contribution in [2.24, 2.45) is 13.0 Å². The van der Waals surface area contributed by atoms with Crippen LogP contribution in [0.4, 0.5) is 11.6 Å². The van der Waals surface area contributed by atoms with Crippen LogP contribution in [0.3, 0.4) is 0 Å². The van der Waals surface area contributed by atoms with Crippen molar-refractivity contribution in [1.82, 2.24) is 18.7 Å². The highest BCUT2D eigenvalue weighted by Crippen LogP contribution is 2.33. The maximum atomic E-state index is 13.1. The van der Waals surface area contributed by atoms with Gasteiger partial charge in [-0.3, -0.25) is 13.9 Å². The number of rotatable bonds is 3. The van der Waals surface area contributed by atoms with Gasteiger partial charge in [-0.1, -0.05) is 31.5 Å². The second kappa shape index (κ2) is 6.56. The van der Waals surface area contributed by atoms with E-state index < -0.39 is 0 Å². The molecule has 0 bridgehead atoms. The SMILES string of the molecule is CCCn1c(=O)c2c(nc3n2C[C@H](C)CN3c2cccc(Cl)c2)n(C)c1=O. The molecule has 1 atom stereocenters. The summed E-state index contributed by atoms with van der Waals surface area (Å²) in [6.45, 7) is 5.93. The van der Waals surface area contributed by atoms with Gasteiger partial charge < -0.3 is 9.47 Å². The molecule has 0 aliphatic carbocycles. The van der Waals surface area contributed by atoms with Crippen LogP contribution in [0.1, 0.15) is 20.3 Å². The summed E-state index contributed by atoms with van der Waals surface area (Å²) >= 11 is 6.18. The zero-order chi connectivity index (χ0) is 19.3. The van der Waals surface area contributed by atoms with Crippen molar-refractivity contribution in [2.45, 2.75) is 33.4 Å². The molecule has 0 fully saturated rings. The Morgan fingerprint density at radius 3 is 2.74 bits per heavy atom. The number of aromatic nitrogens is 4. The molecule has 27 heavy (non-hydrogen) atoms. The molecular weight excluding hydrogens is 366 g/mol. The number of halogens is 1. The fourth-order valence-electron chi connectivity index (χ4n) is 3.79. The van der Waals surface area contributed by atoms with Gasteiger partial charge in [0.05, 0.1) is 0 Å². The summed E-state index contributed by atoms with van der Waals surface area (Å²) in [5.41, 5.74) is 1.23. The zero-order valence-electron chi connectivity index (χ0n) is 15.6.